The topological polar surface area (TPSA) is 52.1 Å². The Morgan fingerprint density at radius 1 is 0.404 bits per heavy atom. The average molecular weight is 699 g/mol. The van der Waals surface area contributed by atoms with Gasteiger partial charge in [0.2, 0.25) is 11.8 Å². The van der Waals surface area contributed by atoms with Crippen molar-refractivity contribution in [1.29, 1.82) is 0 Å². The molecule has 0 aliphatic heterocycles. The smallest absolute Gasteiger partial charge is 0.227 e. The Hall–Kier alpha value is -3.92. The van der Waals surface area contributed by atoms with Crippen LogP contribution in [-0.4, -0.2) is 9.97 Å². The highest BCUT2D eigenvalue weighted by atomic mass is 16.4. The van der Waals surface area contributed by atoms with Crippen molar-refractivity contribution in [3.05, 3.63) is 83.9 Å². The second kappa shape index (κ2) is 20.4. The summed E-state index contributed by atoms with van der Waals surface area (Å²) in [6.07, 6.45) is 29.3. The number of hydrogen-bond donors (Lipinski definition) is 0. The summed E-state index contributed by atoms with van der Waals surface area (Å²) in [4.78, 5) is 9.99. The van der Waals surface area contributed by atoms with E-state index < -0.39 is 0 Å². The second-order valence-corrected chi connectivity index (χ2v) is 15.2. The highest BCUT2D eigenvalue weighted by molar-refractivity contribution is 6.03. The van der Waals surface area contributed by atoms with Gasteiger partial charge in [0.15, 0.2) is 11.2 Å². The van der Waals surface area contributed by atoms with E-state index in [4.69, 9.17) is 18.8 Å². The molecule has 0 atom stereocenters. The van der Waals surface area contributed by atoms with Crippen LogP contribution in [0.5, 0.6) is 0 Å². The van der Waals surface area contributed by atoms with Crippen LogP contribution in [0.4, 0.5) is 0 Å². The van der Waals surface area contributed by atoms with E-state index in [0.29, 0.717) is 11.8 Å². The number of oxazole rings is 2. The largest absolute Gasteiger partial charge is 0.436 e. The van der Waals surface area contributed by atoms with Crippen molar-refractivity contribution in [2.75, 3.05) is 0 Å². The summed E-state index contributed by atoms with van der Waals surface area (Å²) in [7, 11) is 0. The lowest BCUT2D eigenvalue weighted by Crippen LogP contribution is -1.87. The first kappa shape index (κ1) is 37.8. The molecule has 276 valence electrons. The number of hydrogen-bond acceptors (Lipinski definition) is 4. The van der Waals surface area contributed by atoms with E-state index >= 15 is 0 Å². The standard InChI is InChI=1S/C48H62N2O2/c1-3-5-7-9-11-13-15-17-19-21-25-37-29-33-45-43(35-37)49-47(51-45)41-31-32-42(40-28-24-23-27-39(40)41)48-50-44-36-38(30-34-46(44)52-48)26-22-20-18-16-14-12-10-8-6-4-2/h23-24,27-36H,3-22,25-26H2,1-2H3. The molecule has 6 aromatic rings. The third-order valence-electron chi connectivity index (χ3n) is 10.9. The summed E-state index contributed by atoms with van der Waals surface area (Å²) in [5.74, 6) is 1.31. The average Bonchev–Trinajstić information content (AvgIpc) is 3.80. The predicted molar refractivity (Wildman–Crippen MR) is 221 cm³/mol. The van der Waals surface area contributed by atoms with Crippen LogP contribution in [0.15, 0.2) is 81.6 Å². The third-order valence-corrected chi connectivity index (χ3v) is 10.9. The van der Waals surface area contributed by atoms with E-state index in [1.807, 2.05) is 0 Å². The highest BCUT2D eigenvalue weighted by Crippen LogP contribution is 2.37. The van der Waals surface area contributed by atoms with Gasteiger partial charge in [-0.05, 0) is 84.0 Å². The van der Waals surface area contributed by atoms with Gasteiger partial charge in [-0.1, -0.05) is 166 Å². The maximum atomic E-state index is 6.36. The number of fused-ring (bicyclic) bond motifs is 3. The van der Waals surface area contributed by atoms with Gasteiger partial charge in [-0.3, -0.25) is 0 Å². The maximum Gasteiger partial charge on any atom is 0.227 e. The minimum absolute atomic E-state index is 0.656. The molecular weight excluding hydrogens is 637 g/mol. The lowest BCUT2D eigenvalue weighted by molar-refractivity contribution is 0.556. The summed E-state index contributed by atoms with van der Waals surface area (Å²) in [5, 5.41) is 2.17. The number of unbranched alkanes of at least 4 members (excludes halogenated alkanes) is 18. The van der Waals surface area contributed by atoms with Crippen molar-refractivity contribution >= 4 is 33.0 Å². The van der Waals surface area contributed by atoms with Gasteiger partial charge in [0.25, 0.3) is 0 Å². The number of benzene rings is 4. The van der Waals surface area contributed by atoms with E-state index in [9.17, 15) is 0 Å². The molecule has 0 bridgehead atoms. The first-order chi connectivity index (χ1) is 25.7. The summed E-state index contributed by atoms with van der Waals surface area (Å²) >= 11 is 0. The van der Waals surface area contributed by atoms with Gasteiger partial charge in [-0.2, -0.15) is 0 Å². The zero-order chi connectivity index (χ0) is 35.8. The van der Waals surface area contributed by atoms with E-state index in [0.717, 1.165) is 56.9 Å². The molecule has 0 spiro atoms. The van der Waals surface area contributed by atoms with Gasteiger partial charge in [-0.15, -0.1) is 0 Å². The lowest BCUT2D eigenvalue weighted by Gasteiger charge is -2.07. The Morgan fingerprint density at radius 3 is 1.15 bits per heavy atom. The molecule has 0 N–H and O–H groups in total. The molecule has 0 aliphatic carbocycles. The predicted octanol–water partition coefficient (Wildman–Crippen LogP) is 15.4. The summed E-state index contributed by atoms with van der Waals surface area (Å²) in [6.45, 7) is 4.57. The highest BCUT2D eigenvalue weighted by Gasteiger charge is 2.17. The molecule has 4 heteroatoms. The first-order valence-electron chi connectivity index (χ1n) is 21.0. The Morgan fingerprint density at radius 2 is 0.769 bits per heavy atom. The van der Waals surface area contributed by atoms with Crippen LogP contribution in [0.2, 0.25) is 0 Å². The van der Waals surface area contributed by atoms with Crippen LogP contribution in [-0.2, 0) is 12.8 Å². The van der Waals surface area contributed by atoms with Gasteiger partial charge in [-0.25, -0.2) is 9.97 Å². The van der Waals surface area contributed by atoms with Crippen molar-refractivity contribution < 1.29 is 8.83 Å². The third kappa shape index (κ3) is 10.6. The minimum Gasteiger partial charge on any atom is -0.436 e. The van der Waals surface area contributed by atoms with Crippen LogP contribution in [0.1, 0.15) is 153 Å². The molecule has 4 aromatic carbocycles. The number of aromatic nitrogens is 2. The molecule has 2 heterocycles. The summed E-state index contributed by atoms with van der Waals surface area (Å²) < 4.78 is 12.7. The molecule has 0 radical (unpaired) electrons. The van der Waals surface area contributed by atoms with Crippen molar-refractivity contribution in [1.82, 2.24) is 9.97 Å². The lowest BCUT2D eigenvalue weighted by atomic mass is 9.99. The van der Waals surface area contributed by atoms with E-state index in [1.54, 1.807) is 0 Å². The molecule has 0 aliphatic rings. The van der Waals surface area contributed by atoms with Gasteiger partial charge in [0.1, 0.15) is 11.0 Å². The van der Waals surface area contributed by atoms with E-state index in [1.165, 1.54) is 140 Å². The SMILES string of the molecule is CCCCCCCCCCCCc1ccc2oc(-c3ccc(-c4nc5cc(CCCCCCCCCCCC)ccc5o4)c4ccccc34)nc2c1. The van der Waals surface area contributed by atoms with E-state index in [2.05, 4.69) is 86.6 Å². The van der Waals surface area contributed by atoms with Gasteiger partial charge in [0.05, 0.1) is 0 Å². The Kier molecular flexibility index (Phi) is 14.8. The number of nitrogens with zero attached hydrogens (tertiary/aromatic N) is 2. The fraction of sp³-hybridized carbons (Fsp3) is 0.500. The normalized spacial score (nSPS) is 11.8. The van der Waals surface area contributed by atoms with Gasteiger partial charge >= 0.3 is 0 Å². The minimum atomic E-state index is 0.656. The fourth-order valence-electron chi connectivity index (χ4n) is 7.79. The molecule has 4 nitrogen and oxygen atoms in total. The van der Waals surface area contributed by atoms with Crippen LogP contribution in [0, 0.1) is 0 Å². The maximum absolute atomic E-state index is 6.36. The Balaban J connectivity index is 1.05. The zero-order valence-electron chi connectivity index (χ0n) is 32.2. The van der Waals surface area contributed by atoms with Crippen LogP contribution >= 0.6 is 0 Å². The zero-order valence-corrected chi connectivity index (χ0v) is 32.2. The van der Waals surface area contributed by atoms with Crippen molar-refractivity contribution in [3.63, 3.8) is 0 Å². The number of rotatable bonds is 24. The van der Waals surface area contributed by atoms with Crippen LogP contribution < -0.4 is 0 Å². The molecule has 0 amide bonds. The van der Waals surface area contributed by atoms with Crippen molar-refractivity contribution in [2.45, 2.75) is 155 Å². The molecule has 52 heavy (non-hydrogen) atoms. The second-order valence-electron chi connectivity index (χ2n) is 15.2. The number of aryl methyl sites for hydroxylation is 2. The monoisotopic (exact) mass is 698 g/mol. The molecule has 2 aromatic heterocycles. The van der Waals surface area contributed by atoms with E-state index in [-0.39, 0.29) is 0 Å². The first-order valence-corrected chi connectivity index (χ1v) is 21.0. The molecular formula is C48H62N2O2. The molecule has 0 fully saturated rings. The van der Waals surface area contributed by atoms with Gasteiger partial charge < -0.3 is 8.83 Å². The van der Waals surface area contributed by atoms with Crippen molar-refractivity contribution in [3.8, 4) is 22.9 Å². The molecule has 0 saturated carbocycles. The van der Waals surface area contributed by atoms with Gasteiger partial charge in [0, 0.05) is 11.1 Å². The molecule has 0 saturated heterocycles. The Bertz CT molecular complexity index is 1810. The summed E-state index contributed by atoms with van der Waals surface area (Å²) in [6, 6.07) is 25.7. The van der Waals surface area contributed by atoms with Crippen LogP contribution in [0.25, 0.3) is 55.9 Å². The summed E-state index contributed by atoms with van der Waals surface area (Å²) in [5.41, 5.74) is 8.19. The molecule has 6 rings (SSSR count). The quantitative estimate of drug-likeness (QED) is 0.0591. The fourth-order valence-corrected chi connectivity index (χ4v) is 7.79. The van der Waals surface area contributed by atoms with Crippen LogP contribution in [0.3, 0.4) is 0 Å². The Labute approximate surface area is 312 Å². The van der Waals surface area contributed by atoms with Crippen molar-refractivity contribution in [2.24, 2.45) is 0 Å². The molecule has 0 unspecified atom stereocenters.